The molecule has 0 atom stereocenters. The molecule has 0 radical (unpaired) electrons. The lowest BCUT2D eigenvalue weighted by molar-refractivity contribution is 0.0178. The second kappa shape index (κ2) is 7.61. The fourth-order valence-corrected chi connectivity index (χ4v) is 1.85. The molecule has 0 bridgehead atoms. The molecule has 4 nitrogen and oxygen atoms in total. The minimum Gasteiger partial charge on any atom is -0.385 e. The molecule has 0 aromatic carbocycles. The van der Waals surface area contributed by atoms with Gasteiger partial charge in [0.25, 0.3) is 0 Å². The lowest BCUT2D eigenvalue weighted by atomic mass is 9.79. The summed E-state index contributed by atoms with van der Waals surface area (Å²) in [4.78, 5) is 0. The number of ether oxygens (including phenoxy) is 3. The topological polar surface area (TPSA) is 51.5 Å². The molecule has 0 amide bonds. The first kappa shape index (κ1) is 13.4. The van der Waals surface area contributed by atoms with Crippen molar-refractivity contribution in [2.75, 3.05) is 40.1 Å². The predicted molar refractivity (Wildman–Crippen MR) is 60.0 cm³/mol. The molecule has 0 spiro atoms. The van der Waals surface area contributed by atoms with Crippen molar-refractivity contribution in [1.82, 2.24) is 0 Å². The first-order valence-electron chi connectivity index (χ1n) is 5.89. The van der Waals surface area contributed by atoms with Crippen LogP contribution in [0.2, 0.25) is 0 Å². The van der Waals surface area contributed by atoms with Gasteiger partial charge in [0.1, 0.15) is 0 Å². The summed E-state index contributed by atoms with van der Waals surface area (Å²) in [5.41, 5.74) is -0.209. The largest absolute Gasteiger partial charge is 0.385 e. The van der Waals surface area contributed by atoms with E-state index in [4.69, 9.17) is 14.2 Å². The normalized spacial score (nSPS) is 19.2. The van der Waals surface area contributed by atoms with Crippen molar-refractivity contribution in [2.24, 2.45) is 5.41 Å². The highest BCUT2D eigenvalue weighted by Crippen LogP contribution is 2.33. The standard InChI is InChI=1S/C12H21NO3/c1-14-6-2-7-15-8-3-12(11-13)4-9-16-10-5-12/h2-10H2,1H3. The molecule has 1 aliphatic rings. The van der Waals surface area contributed by atoms with Crippen LogP contribution in [-0.4, -0.2) is 40.1 Å². The van der Waals surface area contributed by atoms with Crippen LogP contribution < -0.4 is 0 Å². The van der Waals surface area contributed by atoms with Gasteiger partial charge in [-0.2, -0.15) is 5.26 Å². The SMILES string of the molecule is COCCCOCCC1(C#N)CCOCC1. The molecular weight excluding hydrogens is 206 g/mol. The van der Waals surface area contributed by atoms with Crippen molar-refractivity contribution in [1.29, 1.82) is 5.26 Å². The maximum absolute atomic E-state index is 9.20. The van der Waals surface area contributed by atoms with Gasteiger partial charge in [-0.1, -0.05) is 0 Å². The maximum atomic E-state index is 9.20. The van der Waals surface area contributed by atoms with Gasteiger partial charge < -0.3 is 14.2 Å². The lowest BCUT2D eigenvalue weighted by Crippen LogP contribution is -2.29. The summed E-state index contributed by atoms with van der Waals surface area (Å²) < 4.78 is 15.7. The van der Waals surface area contributed by atoms with Gasteiger partial charge in [-0.15, -0.1) is 0 Å². The highest BCUT2D eigenvalue weighted by atomic mass is 16.5. The number of nitrogens with zero attached hydrogens (tertiary/aromatic N) is 1. The summed E-state index contributed by atoms with van der Waals surface area (Å²) in [5, 5.41) is 9.20. The van der Waals surface area contributed by atoms with Crippen LogP contribution in [0.3, 0.4) is 0 Å². The Hall–Kier alpha value is -0.630. The molecule has 1 aliphatic heterocycles. The summed E-state index contributed by atoms with van der Waals surface area (Å²) >= 11 is 0. The zero-order chi connectivity index (χ0) is 11.7. The molecule has 4 heteroatoms. The number of methoxy groups -OCH3 is 1. The van der Waals surface area contributed by atoms with Gasteiger partial charge in [0.15, 0.2) is 0 Å². The summed E-state index contributed by atoms with van der Waals surface area (Å²) in [6.45, 7) is 3.52. The Labute approximate surface area is 97.5 Å². The number of nitriles is 1. The van der Waals surface area contributed by atoms with Gasteiger partial charge in [0.2, 0.25) is 0 Å². The monoisotopic (exact) mass is 227 g/mol. The predicted octanol–water partition coefficient (Wildman–Crippen LogP) is 1.75. The van der Waals surface area contributed by atoms with Crippen LogP contribution in [-0.2, 0) is 14.2 Å². The lowest BCUT2D eigenvalue weighted by Gasteiger charge is -2.30. The Morgan fingerprint density at radius 3 is 2.62 bits per heavy atom. The Kier molecular flexibility index (Phi) is 6.39. The first-order valence-corrected chi connectivity index (χ1v) is 5.89. The second-order valence-corrected chi connectivity index (χ2v) is 4.21. The zero-order valence-corrected chi connectivity index (χ0v) is 10.0. The molecule has 0 aromatic rings. The summed E-state index contributed by atoms with van der Waals surface area (Å²) in [6, 6.07) is 2.43. The van der Waals surface area contributed by atoms with E-state index in [-0.39, 0.29) is 5.41 Å². The van der Waals surface area contributed by atoms with Crippen molar-refractivity contribution >= 4 is 0 Å². The van der Waals surface area contributed by atoms with E-state index >= 15 is 0 Å². The van der Waals surface area contributed by atoms with E-state index in [9.17, 15) is 5.26 Å². The molecule has 0 N–H and O–H groups in total. The number of hydrogen-bond acceptors (Lipinski definition) is 4. The Bertz CT molecular complexity index is 219. The molecular formula is C12H21NO3. The molecule has 1 heterocycles. The van der Waals surface area contributed by atoms with Crippen LogP contribution in [0.1, 0.15) is 25.7 Å². The van der Waals surface area contributed by atoms with Gasteiger partial charge in [0, 0.05) is 40.1 Å². The van der Waals surface area contributed by atoms with E-state index in [1.54, 1.807) is 7.11 Å². The third kappa shape index (κ3) is 4.48. The second-order valence-electron chi connectivity index (χ2n) is 4.21. The van der Waals surface area contributed by atoms with Crippen molar-refractivity contribution < 1.29 is 14.2 Å². The number of rotatable bonds is 7. The van der Waals surface area contributed by atoms with Crippen molar-refractivity contribution in [3.05, 3.63) is 0 Å². The van der Waals surface area contributed by atoms with Crippen molar-refractivity contribution in [3.8, 4) is 6.07 Å². The molecule has 92 valence electrons. The van der Waals surface area contributed by atoms with Gasteiger partial charge >= 0.3 is 0 Å². The molecule has 0 unspecified atom stereocenters. The molecule has 0 saturated carbocycles. The average Bonchev–Trinajstić information content (AvgIpc) is 2.35. The highest BCUT2D eigenvalue weighted by molar-refractivity contribution is 4.99. The van der Waals surface area contributed by atoms with E-state index < -0.39 is 0 Å². The van der Waals surface area contributed by atoms with E-state index in [1.165, 1.54) is 0 Å². The maximum Gasteiger partial charge on any atom is 0.0692 e. The molecule has 16 heavy (non-hydrogen) atoms. The molecule has 0 aromatic heterocycles. The van der Waals surface area contributed by atoms with Crippen LogP contribution in [0, 0.1) is 16.7 Å². The molecule has 1 saturated heterocycles. The number of hydrogen-bond donors (Lipinski definition) is 0. The molecule has 0 aliphatic carbocycles. The Balaban J connectivity index is 2.12. The van der Waals surface area contributed by atoms with Crippen LogP contribution in [0.15, 0.2) is 0 Å². The smallest absolute Gasteiger partial charge is 0.0692 e. The van der Waals surface area contributed by atoms with E-state index in [1.807, 2.05) is 0 Å². The summed E-state index contributed by atoms with van der Waals surface area (Å²) in [7, 11) is 1.69. The minimum absolute atomic E-state index is 0.209. The third-order valence-electron chi connectivity index (χ3n) is 3.05. The van der Waals surface area contributed by atoms with Crippen LogP contribution in [0.5, 0.6) is 0 Å². The van der Waals surface area contributed by atoms with Gasteiger partial charge in [-0.05, 0) is 25.7 Å². The fourth-order valence-electron chi connectivity index (χ4n) is 1.85. The quantitative estimate of drug-likeness (QED) is 0.622. The van der Waals surface area contributed by atoms with E-state index in [2.05, 4.69) is 6.07 Å². The van der Waals surface area contributed by atoms with E-state index in [0.29, 0.717) is 26.4 Å². The Morgan fingerprint density at radius 2 is 2.00 bits per heavy atom. The van der Waals surface area contributed by atoms with Gasteiger partial charge in [-0.25, -0.2) is 0 Å². The molecule has 1 fully saturated rings. The summed E-state index contributed by atoms with van der Waals surface area (Å²) in [6.07, 6.45) is 3.41. The van der Waals surface area contributed by atoms with Crippen molar-refractivity contribution in [2.45, 2.75) is 25.7 Å². The van der Waals surface area contributed by atoms with E-state index in [0.717, 1.165) is 32.3 Å². The third-order valence-corrected chi connectivity index (χ3v) is 3.05. The Morgan fingerprint density at radius 1 is 1.25 bits per heavy atom. The zero-order valence-electron chi connectivity index (χ0n) is 10.0. The summed E-state index contributed by atoms with van der Waals surface area (Å²) in [5.74, 6) is 0. The minimum atomic E-state index is -0.209. The van der Waals surface area contributed by atoms with Crippen molar-refractivity contribution in [3.63, 3.8) is 0 Å². The highest BCUT2D eigenvalue weighted by Gasteiger charge is 2.32. The van der Waals surface area contributed by atoms with Gasteiger partial charge in [0.05, 0.1) is 11.5 Å². The molecule has 1 rings (SSSR count). The average molecular weight is 227 g/mol. The van der Waals surface area contributed by atoms with Crippen LogP contribution in [0.25, 0.3) is 0 Å². The van der Waals surface area contributed by atoms with Gasteiger partial charge in [-0.3, -0.25) is 0 Å². The van der Waals surface area contributed by atoms with Crippen LogP contribution >= 0.6 is 0 Å². The van der Waals surface area contributed by atoms with Crippen LogP contribution in [0.4, 0.5) is 0 Å². The first-order chi connectivity index (χ1) is 7.83. The fraction of sp³-hybridized carbons (Fsp3) is 0.917.